The second-order valence-corrected chi connectivity index (χ2v) is 3.80. The molecular weight excluding hydrogens is 230 g/mol. The SMILES string of the molecule is Cc1coc(Sc2nccc(C(=O)O)n2)n1. The third kappa shape index (κ3) is 2.37. The molecule has 0 aliphatic rings. The predicted octanol–water partition coefficient (Wildman–Crippen LogP) is 1.62. The van der Waals surface area contributed by atoms with Crippen molar-refractivity contribution in [2.75, 3.05) is 0 Å². The van der Waals surface area contributed by atoms with Crippen LogP contribution in [0.25, 0.3) is 0 Å². The van der Waals surface area contributed by atoms with E-state index in [1.807, 2.05) is 0 Å². The largest absolute Gasteiger partial charge is 0.477 e. The van der Waals surface area contributed by atoms with E-state index in [9.17, 15) is 4.79 Å². The van der Waals surface area contributed by atoms with E-state index < -0.39 is 5.97 Å². The van der Waals surface area contributed by atoms with E-state index >= 15 is 0 Å². The van der Waals surface area contributed by atoms with Crippen LogP contribution in [0.3, 0.4) is 0 Å². The van der Waals surface area contributed by atoms with E-state index in [1.165, 1.54) is 18.5 Å². The van der Waals surface area contributed by atoms with Crippen LogP contribution in [0.15, 0.2) is 33.3 Å². The highest BCUT2D eigenvalue weighted by Crippen LogP contribution is 2.23. The Balaban J connectivity index is 2.21. The molecule has 0 radical (unpaired) electrons. The maximum Gasteiger partial charge on any atom is 0.354 e. The molecule has 0 fully saturated rings. The molecule has 0 saturated heterocycles. The van der Waals surface area contributed by atoms with Crippen molar-refractivity contribution in [1.82, 2.24) is 15.0 Å². The van der Waals surface area contributed by atoms with Crippen LogP contribution in [0.2, 0.25) is 0 Å². The lowest BCUT2D eigenvalue weighted by Gasteiger charge is -1.96. The second-order valence-electron chi connectivity index (χ2n) is 2.89. The normalized spacial score (nSPS) is 10.3. The Hall–Kier alpha value is -1.89. The number of aromatic nitrogens is 3. The summed E-state index contributed by atoms with van der Waals surface area (Å²) in [7, 11) is 0. The zero-order valence-electron chi connectivity index (χ0n) is 8.25. The lowest BCUT2D eigenvalue weighted by Crippen LogP contribution is -2.01. The molecule has 0 unspecified atom stereocenters. The number of aromatic carboxylic acids is 1. The van der Waals surface area contributed by atoms with Gasteiger partial charge in [-0.05, 0) is 13.0 Å². The molecule has 0 amide bonds. The molecule has 0 aliphatic heterocycles. The van der Waals surface area contributed by atoms with Crippen molar-refractivity contribution in [2.24, 2.45) is 0 Å². The van der Waals surface area contributed by atoms with Gasteiger partial charge in [0.05, 0.1) is 5.69 Å². The summed E-state index contributed by atoms with van der Waals surface area (Å²) in [4.78, 5) is 22.5. The molecule has 16 heavy (non-hydrogen) atoms. The third-order valence-corrected chi connectivity index (χ3v) is 2.37. The molecule has 2 rings (SSSR count). The number of carboxylic acid groups (broad SMARTS) is 1. The summed E-state index contributed by atoms with van der Waals surface area (Å²) in [6, 6.07) is 1.33. The van der Waals surface area contributed by atoms with E-state index in [1.54, 1.807) is 6.92 Å². The average Bonchev–Trinajstić information content (AvgIpc) is 2.64. The first-order chi connectivity index (χ1) is 7.65. The van der Waals surface area contributed by atoms with Gasteiger partial charge in [0.25, 0.3) is 5.22 Å². The van der Waals surface area contributed by atoms with Crippen molar-refractivity contribution in [1.29, 1.82) is 0 Å². The smallest absolute Gasteiger partial charge is 0.354 e. The second kappa shape index (κ2) is 4.31. The van der Waals surface area contributed by atoms with Crippen molar-refractivity contribution < 1.29 is 14.3 Å². The van der Waals surface area contributed by atoms with Gasteiger partial charge >= 0.3 is 5.97 Å². The number of carboxylic acids is 1. The third-order valence-electron chi connectivity index (χ3n) is 1.63. The molecule has 0 spiro atoms. The number of oxazole rings is 1. The Bertz CT molecular complexity index is 526. The molecule has 7 heteroatoms. The van der Waals surface area contributed by atoms with Gasteiger partial charge in [-0.3, -0.25) is 0 Å². The molecule has 2 aromatic rings. The van der Waals surface area contributed by atoms with Gasteiger partial charge in [-0.2, -0.15) is 0 Å². The molecule has 2 aromatic heterocycles. The van der Waals surface area contributed by atoms with Gasteiger partial charge in [0.15, 0.2) is 10.9 Å². The Morgan fingerprint density at radius 3 is 2.94 bits per heavy atom. The van der Waals surface area contributed by atoms with Crippen LogP contribution in [0.5, 0.6) is 0 Å². The summed E-state index contributed by atoms with van der Waals surface area (Å²) in [5.41, 5.74) is 0.692. The first kappa shape index (κ1) is 10.6. The molecular formula is C9H7N3O3S. The summed E-state index contributed by atoms with van der Waals surface area (Å²) < 4.78 is 5.09. The topological polar surface area (TPSA) is 89.1 Å². The molecule has 82 valence electrons. The minimum Gasteiger partial charge on any atom is -0.477 e. The van der Waals surface area contributed by atoms with Crippen LogP contribution >= 0.6 is 11.8 Å². The number of nitrogens with zero attached hydrogens (tertiary/aromatic N) is 3. The van der Waals surface area contributed by atoms with E-state index in [4.69, 9.17) is 9.52 Å². The highest BCUT2D eigenvalue weighted by molar-refractivity contribution is 7.98. The van der Waals surface area contributed by atoms with E-state index in [0.29, 0.717) is 10.4 Å². The summed E-state index contributed by atoms with van der Waals surface area (Å²) >= 11 is 1.08. The van der Waals surface area contributed by atoms with E-state index in [0.717, 1.165) is 17.5 Å². The fraction of sp³-hybridized carbons (Fsp3) is 0.111. The van der Waals surface area contributed by atoms with Gasteiger partial charge in [0.2, 0.25) is 0 Å². The summed E-state index contributed by atoms with van der Waals surface area (Å²) in [6.07, 6.45) is 2.89. The Labute approximate surface area is 94.8 Å². The molecule has 0 bridgehead atoms. The van der Waals surface area contributed by atoms with Crippen molar-refractivity contribution in [3.63, 3.8) is 0 Å². The highest BCUT2D eigenvalue weighted by atomic mass is 32.2. The van der Waals surface area contributed by atoms with Gasteiger partial charge in [-0.1, -0.05) is 0 Å². The molecule has 2 heterocycles. The van der Waals surface area contributed by atoms with E-state index in [2.05, 4.69) is 15.0 Å². The first-order valence-electron chi connectivity index (χ1n) is 4.31. The first-order valence-corrected chi connectivity index (χ1v) is 5.13. The molecule has 0 atom stereocenters. The number of rotatable bonds is 3. The Morgan fingerprint density at radius 1 is 1.50 bits per heavy atom. The highest BCUT2D eigenvalue weighted by Gasteiger charge is 2.10. The van der Waals surface area contributed by atoms with Crippen molar-refractivity contribution in [3.8, 4) is 0 Å². The minimum atomic E-state index is -1.09. The van der Waals surface area contributed by atoms with E-state index in [-0.39, 0.29) is 5.69 Å². The lowest BCUT2D eigenvalue weighted by molar-refractivity contribution is 0.0689. The minimum absolute atomic E-state index is 0.0548. The van der Waals surface area contributed by atoms with Crippen LogP contribution in [0, 0.1) is 6.92 Å². The Kier molecular flexibility index (Phi) is 2.86. The molecule has 0 aromatic carbocycles. The summed E-state index contributed by atoms with van der Waals surface area (Å²) in [5, 5.41) is 9.42. The van der Waals surface area contributed by atoms with Crippen LogP contribution in [-0.2, 0) is 0 Å². The number of hydrogen-bond donors (Lipinski definition) is 1. The fourth-order valence-electron chi connectivity index (χ4n) is 0.966. The van der Waals surface area contributed by atoms with Gasteiger partial charge in [-0.25, -0.2) is 19.7 Å². The zero-order valence-corrected chi connectivity index (χ0v) is 9.06. The average molecular weight is 237 g/mol. The maximum atomic E-state index is 10.7. The van der Waals surface area contributed by atoms with Crippen LogP contribution in [0.1, 0.15) is 16.2 Å². The van der Waals surface area contributed by atoms with Gasteiger partial charge in [0.1, 0.15) is 6.26 Å². The van der Waals surface area contributed by atoms with Crippen molar-refractivity contribution in [3.05, 3.63) is 29.9 Å². The van der Waals surface area contributed by atoms with Crippen LogP contribution in [0.4, 0.5) is 0 Å². The quantitative estimate of drug-likeness (QED) is 0.811. The zero-order chi connectivity index (χ0) is 11.5. The fourth-order valence-corrected chi connectivity index (χ4v) is 1.67. The Morgan fingerprint density at radius 2 is 2.31 bits per heavy atom. The number of aryl methyl sites for hydroxylation is 1. The van der Waals surface area contributed by atoms with Gasteiger partial charge in [0, 0.05) is 18.0 Å². The summed E-state index contributed by atoms with van der Waals surface area (Å²) in [5.74, 6) is -1.09. The van der Waals surface area contributed by atoms with Crippen molar-refractivity contribution in [2.45, 2.75) is 17.3 Å². The monoisotopic (exact) mass is 237 g/mol. The van der Waals surface area contributed by atoms with Gasteiger partial charge in [-0.15, -0.1) is 0 Å². The van der Waals surface area contributed by atoms with Crippen LogP contribution in [-0.4, -0.2) is 26.0 Å². The predicted molar refractivity (Wildman–Crippen MR) is 54.4 cm³/mol. The summed E-state index contributed by atoms with van der Waals surface area (Å²) in [6.45, 7) is 1.79. The molecule has 0 aliphatic carbocycles. The van der Waals surface area contributed by atoms with Gasteiger partial charge < -0.3 is 9.52 Å². The van der Waals surface area contributed by atoms with Crippen molar-refractivity contribution >= 4 is 17.7 Å². The number of hydrogen-bond acceptors (Lipinski definition) is 6. The standard InChI is InChI=1S/C9H7N3O3S/c1-5-4-15-9(11-5)16-8-10-3-2-6(12-8)7(13)14/h2-4H,1H3,(H,13,14). The molecule has 6 nitrogen and oxygen atoms in total. The lowest BCUT2D eigenvalue weighted by atomic mass is 10.4. The number of carbonyl (C=O) groups is 1. The maximum absolute atomic E-state index is 10.7. The molecule has 1 N–H and O–H groups in total. The van der Waals surface area contributed by atoms with Crippen LogP contribution < -0.4 is 0 Å². The molecule has 0 saturated carbocycles.